The first kappa shape index (κ1) is 12.4. The van der Waals surface area contributed by atoms with Gasteiger partial charge in [-0.1, -0.05) is 0 Å². The van der Waals surface area contributed by atoms with E-state index in [1.807, 2.05) is 11.8 Å². The Morgan fingerprint density at radius 2 is 1.94 bits per heavy atom. The van der Waals surface area contributed by atoms with Gasteiger partial charge in [0.2, 0.25) is 5.91 Å². The molecule has 1 saturated heterocycles. The zero-order chi connectivity index (χ0) is 12.3. The molecule has 1 amide bonds. The maximum atomic E-state index is 12.9. The Labute approximate surface area is 103 Å². The predicted molar refractivity (Wildman–Crippen MR) is 65.0 cm³/mol. The SMILES string of the molecule is O=C(Nc1ccc(F)c(F)c1)C1CCSCC1. The molecule has 0 unspecified atom stereocenters. The van der Waals surface area contributed by atoms with Gasteiger partial charge >= 0.3 is 0 Å². The molecule has 1 aliphatic heterocycles. The summed E-state index contributed by atoms with van der Waals surface area (Å²) in [7, 11) is 0. The van der Waals surface area contributed by atoms with Gasteiger partial charge in [0.05, 0.1) is 0 Å². The minimum atomic E-state index is -0.943. The highest BCUT2D eigenvalue weighted by atomic mass is 32.2. The van der Waals surface area contributed by atoms with Gasteiger partial charge in [0.1, 0.15) is 0 Å². The zero-order valence-electron chi connectivity index (χ0n) is 9.21. The summed E-state index contributed by atoms with van der Waals surface area (Å²) in [6.45, 7) is 0. The molecule has 0 spiro atoms. The van der Waals surface area contributed by atoms with E-state index >= 15 is 0 Å². The fraction of sp³-hybridized carbons (Fsp3) is 0.417. The number of rotatable bonds is 2. The van der Waals surface area contributed by atoms with Crippen LogP contribution in [0.15, 0.2) is 18.2 Å². The Balaban J connectivity index is 1.99. The Bertz CT molecular complexity index is 419. The molecule has 0 atom stereocenters. The molecule has 1 N–H and O–H groups in total. The van der Waals surface area contributed by atoms with Gasteiger partial charge < -0.3 is 5.32 Å². The van der Waals surface area contributed by atoms with E-state index in [1.54, 1.807) is 0 Å². The van der Waals surface area contributed by atoms with Crippen LogP contribution in [0.1, 0.15) is 12.8 Å². The Hall–Kier alpha value is -1.10. The fourth-order valence-electron chi connectivity index (χ4n) is 1.78. The number of carbonyl (C=O) groups excluding carboxylic acids is 1. The second-order valence-electron chi connectivity index (χ2n) is 4.00. The number of carbonyl (C=O) groups is 1. The molecular weight excluding hydrogens is 244 g/mol. The maximum Gasteiger partial charge on any atom is 0.227 e. The Morgan fingerprint density at radius 1 is 1.24 bits per heavy atom. The van der Waals surface area contributed by atoms with Crippen molar-refractivity contribution in [1.29, 1.82) is 0 Å². The van der Waals surface area contributed by atoms with Crippen LogP contribution < -0.4 is 5.32 Å². The lowest BCUT2D eigenvalue weighted by Gasteiger charge is -2.20. The lowest BCUT2D eigenvalue weighted by atomic mass is 10.0. The van der Waals surface area contributed by atoms with Crippen LogP contribution >= 0.6 is 11.8 Å². The highest BCUT2D eigenvalue weighted by Crippen LogP contribution is 2.24. The normalized spacial score (nSPS) is 16.8. The molecule has 1 aromatic rings. The van der Waals surface area contributed by atoms with Gasteiger partial charge in [-0.2, -0.15) is 11.8 Å². The molecular formula is C12H13F2NOS. The number of benzene rings is 1. The van der Waals surface area contributed by atoms with Crippen LogP contribution in [0.2, 0.25) is 0 Å². The summed E-state index contributed by atoms with van der Waals surface area (Å²) in [6.07, 6.45) is 1.69. The van der Waals surface area contributed by atoms with Gasteiger partial charge in [-0.15, -0.1) is 0 Å². The van der Waals surface area contributed by atoms with Crippen LogP contribution in [0.3, 0.4) is 0 Å². The summed E-state index contributed by atoms with van der Waals surface area (Å²) in [5.41, 5.74) is 0.312. The third kappa shape index (κ3) is 3.19. The predicted octanol–water partition coefficient (Wildman–Crippen LogP) is 3.05. The van der Waals surface area contributed by atoms with E-state index < -0.39 is 11.6 Å². The average Bonchev–Trinajstić information content (AvgIpc) is 2.35. The highest BCUT2D eigenvalue weighted by Gasteiger charge is 2.21. The molecule has 1 fully saturated rings. The second kappa shape index (κ2) is 5.49. The number of amides is 1. The summed E-state index contributed by atoms with van der Waals surface area (Å²) >= 11 is 1.84. The first-order valence-corrected chi connectivity index (χ1v) is 6.66. The minimum absolute atomic E-state index is 0.00985. The third-order valence-electron chi connectivity index (χ3n) is 2.78. The Morgan fingerprint density at radius 3 is 2.59 bits per heavy atom. The molecule has 1 aromatic carbocycles. The van der Waals surface area contributed by atoms with Gasteiger partial charge in [0, 0.05) is 17.7 Å². The van der Waals surface area contributed by atoms with Crippen molar-refractivity contribution in [3.8, 4) is 0 Å². The molecule has 0 radical (unpaired) electrons. The van der Waals surface area contributed by atoms with Crippen LogP contribution in [0.5, 0.6) is 0 Å². The zero-order valence-corrected chi connectivity index (χ0v) is 10.0. The third-order valence-corrected chi connectivity index (χ3v) is 3.83. The number of nitrogens with one attached hydrogen (secondary N) is 1. The van der Waals surface area contributed by atoms with Crippen LogP contribution in [0.25, 0.3) is 0 Å². The Kier molecular flexibility index (Phi) is 3.99. The number of hydrogen-bond donors (Lipinski definition) is 1. The van der Waals surface area contributed by atoms with Crippen LogP contribution in [0, 0.1) is 17.6 Å². The lowest BCUT2D eigenvalue weighted by Crippen LogP contribution is -2.26. The van der Waals surface area contributed by atoms with E-state index in [1.165, 1.54) is 6.07 Å². The molecule has 2 nitrogen and oxygen atoms in total. The van der Waals surface area contributed by atoms with E-state index in [4.69, 9.17) is 0 Å². The van der Waals surface area contributed by atoms with Gasteiger partial charge in [0.15, 0.2) is 11.6 Å². The average molecular weight is 257 g/mol. The first-order chi connectivity index (χ1) is 8.16. The molecule has 0 aromatic heterocycles. The molecule has 92 valence electrons. The van der Waals surface area contributed by atoms with Gasteiger partial charge in [-0.05, 0) is 36.5 Å². The van der Waals surface area contributed by atoms with Crippen LogP contribution in [0.4, 0.5) is 14.5 Å². The van der Waals surface area contributed by atoms with Crippen molar-refractivity contribution in [3.05, 3.63) is 29.8 Å². The second-order valence-corrected chi connectivity index (χ2v) is 5.23. The van der Waals surface area contributed by atoms with Crippen molar-refractivity contribution >= 4 is 23.4 Å². The van der Waals surface area contributed by atoms with Crippen molar-refractivity contribution in [2.24, 2.45) is 5.92 Å². The molecule has 0 aliphatic carbocycles. The van der Waals surface area contributed by atoms with E-state index in [2.05, 4.69) is 5.32 Å². The summed E-state index contributed by atoms with van der Waals surface area (Å²) in [5, 5.41) is 2.62. The lowest BCUT2D eigenvalue weighted by molar-refractivity contribution is -0.120. The van der Waals surface area contributed by atoms with Crippen molar-refractivity contribution in [3.63, 3.8) is 0 Å². The summed E-state index contributed by atoms with van der Waals surface area (Å²) < 4.78 is 25.6. The number of anilines is 1. The van der Waals surface area contributed by atoms with Crippen molar-refractivity contribution < 1.29 is 13.6 Å². The summed E-state index contributed by atoms with van der Waals surface area (Å²) in [4.78, 5) is 11.8. The van der Waals surface area contributed by atoms with Crippen LogP contribution in [-0.2, 0) is 4.79 Å². The van der Waals surface area contributed by atoms with Crippen molar-refractivity contribution in [2.45, 2.75) is 12.8 Å². The number of hydrogen-bond acceptors (Lipinski definition) is 2. The number of thioether (sulfide) groups is 1. The smallest absolute Gasteiger partial charge is 0.227 e. The number of halogens is 2. The largest absolute Gasteiger partial charge is 0.326 e. The molecule has 5 heteroatoms. The molecule has 0 saturated carbocycles. The van der Waals surface area contributed by atoms with E-state index in [-0.39, 0.29) is 11.8 Å². The molecule has 0 bridgehead atoms. The van der Waals surface area contributed by atoms with Gasteiger partial charge in [0.25, 0.3) is 0 Å². The topological polar surface area (TPSA) is 29.1 Å². The van der Waals surface area contributed by atoms with Gasteiger partial charge in [-0.25, -0.2) is 8.78 Å². The molecule has 2 rings (SSSR count). The summed E-state index contributed by atoms with van der Waals surface area (Å²) in [5.74, 6) is 0.00544. The van der Waals surface area contributed by atoms with E-state index in [0.29, 0.717) is 5.69 Å². The highest BCUT2D eigenvalue weighted by molar-refractivity contribution is 7.99. The van der Waals surface area contributed by atoms with E-state index in [9.17, 15) is 13.6 Å². The monoisotopic (exact) mass is 257 g/mol. The molecule has 1 aliphatic rings. The fourth-order valence-corrected chi connectivity index (χ4v) is 2.88. The molecule has 17 heavy (non-hydrogen) atoms. The van der Waals surface area contributed by atoms with E-state index in [0.717, 1.165) is 36.5 Å². The quantitative estimate of drug-likeness (QED) is 0.882. The first-order valence-electron chi connectivity index (χ1n) is 5.50. The van der Waals surface area contributed by atoms with Crippen molar-refractivity contribution in [2.75, 3.05) is 16.8 Å². The standard InChI is InChI=1S/C12H13F2NOS/c13-10-2-1-9(7-11(10)14)15-12(16)8-3-5-17-6-4-8/h1-2,7-8H,3-6H2,(H,15,16). The van der Waals surface area contributed by atoms with Gasteiger partial charge in [-0.3, -0.25) is 4.79 Å². The van der Waals surface area contributed by atoms with Crippen LogP contribution in [-0.4, -0.2) is 17.4 Å². The van der Waals surface area contributed by atoms with Crippen molar-refractivity contribution in [1.82, 2.24) is 0 Å². The molecule has 1 heterocycles. The summed E-state index contributed by atoms with van der Waals surface area (Å²) in [6, 6.07) is 3.39. The maximum absolute atomic E-state index is 12.9. The minimum Gasteiger partial charge on any atom is -0.326 e.